The average molecular weight is 479 g/mol. The highest BCUT2D eigenvalue weighted by Crippen LogP contribution is 2.26. The van der Waals surface area contributed by atoms with Gasteiger partial charge < -0.3 is 14.7 Å². The van der Waals surface area contributed by atoms with Crippen molar-refractivity contribution in [3.8, 4) is 0 Å². The van der Waals surface area contributed by atoms with E-state index < -0.39 is 0 Å². The molecule has 0 fully saturated rings. The van der Waals surface area contributed by atoms with Crippen molar-refractivity contribution in [1.82, 2.24) is 14.9 Å². The Morgan fingerprint density at radius 2 is 1.91 bits per heavy atom. The number of oxime groups is 1. The molecule has 0 saturated heterocycles. The van der Waals surface area contributed by atoms with Crippen LogP contribution in [0.25, 0.3) is 10.9 Å². The molecule has 0 radical (unpaired) electrons. The summed E-state index contributed by atoms with van der Waals surface area (Å²) in [4.78, 5) is 22.7. The van der Waals surface area contributed by atoms with Crippen molar-refractivity contribution in [2.45, 2.75) is 19.1 Å². The maximum absolute atomic E-state index is 13.2. The number of aromatic nitrogens is 2. The van der Waals surface area contributed by atoms with Crippen molar-refractivity contribution in [1.29, 1.82) is 0 Å². The van der Waals surface area contributed by atoms with E-state index >= 15 is 0 Å². The van der Waals surface area contributed by atoms with Gasteiger partial charge >= 0.3 is 0 Å². The minimum absolute atomic E-state index is 0.183. The summed E-state index contributed by atoms with van der Waals surface area (Å²) in [7, 11) is 0. The molecule has 4 aromatic rings. The molecule has 1 N–H and O–H groups in total. The lowest BCUT2D eigenvalue weighted by Gasteiger charge is -2.14. The van der Waals surface area contributed by atoms with Gasteiger partial charge in [-0.25, -0.2) is 0 Å². The molecule has 2 aromatic heterocycles. The Kier molecular flexibility index (Phi) is 6.03. The lowest BCUT2D eigenvalue weighted by atomic mass is 10.1. The number of nitrogens with zero attached hydrogens (tertiary/aromatic N) is 3. The number of fused-ring (bicyclic) bond motifs is 1. The summed E-state index contributed by atoms with van der Waals surface area (Å²) in [5, 5.41) is 9.28. The number of para-hydroxylation sites is 1. The van der Waals surface area contributed by atoms with Gasteiger partial charge in [-0.2, -0.15) is 0 Å². The van der Waals surface area contributed by atoms with Crippen LogP contribution in [0.4, 0.5) is 0 Å². The highest BCUT2D eigenvalue weighted by Gasteiger charge is 2.24. The zero-order valence-electron chi connectivity index (χ0n) is 17.5. The summed E-state index contributed by atoms with van der Waals surface area (Å²) in [6.07, 6.45) is 3.84. The molecule has 3 heterocycles. The maximum Gasteiger partial charge on any atom is 0.268 e. The number of pyridine rings is 1. The number of halogens is 2. The van der Waals surface area contributed by atoms with Gasteiger partial charge in [0.15, 0.2) is 0 Å². The van der Waals surface area contributed by atoms with Gasteiger partial charge in [0.05, 0.1) is 12.3 Å². The van der Waals surface area contributed by atoms with Crippen LogP contribution >= 0.6 is 23.2 Å². The van der Waals surface area contributed by atoms with Gasteiger partial charge in [0.1, 0.15) is 11.8 Å². The van der Waals surface area contributed by atoms with E-state index in [1.54, 1.807) is 24.5 Å². The summed E-state index contributed by atoms with van der Waals surface area (Å²) in [6, 6.07) is 18.9. The molecule has 8 heteroatoms. The number of hydrogen-bond acceptors (Lipinski definition) is 4. The third kappa shape index (κ3) is 4.58. The topological polar surface area (TPSA) is 68.5 Å². The zero-order valence-corrected chi connectivity index (χ0v) is 19.1. The summed E-state index contributed by atoms with van der Waals surface area (Å²) < 4.78 is 1.97. The quantitative estimate of drug-likeness (QED) is 0.407. The summed E-state index contributed by atoms with van der Waals surface area (Å²) in [5.41, 5.74) is 4.21. The molecule has 0 aliphatic carbocycles. The van der Waals surface area contributed by atoms with Crippen LogP contribution in [0.2, 0.25) is 10.0 Å². The van der Waals surface area contributed by atoms with Crippen molar-refractivity contribution in [3.63, 3.8) is 0 Å². The van der Waals surface area contributed by atoms with Gasteiger partial charge in [0.2, 0.25) is 0 Å². The Bertz CT molecular complexity index is 1350. The fourth-order valence-corrected chi connectivity index (χ4v) is 4.41. The summed E-state index contributed by atoms with van der Waals surface area (Å²) in [6.45, 7) is 0.793. The Labute approximate surface area is 200 Å². The highest BCUT2D eigenvalue weighted by molar-refractivity contribution is 6.35. The second kappa shape index (κ2) is 9.25. The minimum Gasteiger partial charge on any atom is -0.390 e. The monoisotopic (exact) mass is 478 g/mol. The molecule has 5 rings (SSSR count). The number of rotatable bonds is 6. The predicted octanol–water partition coefficient (Wildman–Crippen LogP) is 5.31. The SMILES string of the molecule is O=C(NCC1CC(c2ccncc2)=NO1)c1cc2ccccc2n1Cc1ccc(Cl)cc1Cl. The lowest BCUT2D eigenvalue weighted by Crippen LogP contribution is -2.33. The number of amides is 1. The number of carbonyl (C=O) groups excluding carboxylic acids is 1. The van der Waals surface area contributed by atoms with Crippen molar-refractivity contribution in [3.05, 3.63) is 99.9 Å². The number of nitrogens with one attached hydrogen (secondary N) is 1. The van der Waals surface area contributed by atoms with Crippen molar-refractivity contribution < 1.29 is 9.63 Å². The average Bonchev–Trinajstić information content (AvgIpc) is 3.45. The molecule has 1 aliphatic heterocycles. The number of carbonyl (C=O) groups is 1. The lowest BCUT2D eigenvalue weighted by molar-refractivity contribution is 0.0749. The highest BCUT2D eigenvalue weighted by atomic mass is 35.5. The van der Waals surface area contributed by atoms with Crippen LogP contribution in [-0.4, -0.2) is 33.8 Å². The molecular weight excluding hydrogens is 459 g/mol. The standard InChI is InChI=1S/C25H20Cl2N4O2/c26-19-6-5-18(21(27)12-19)15-31-23-4-2-1-3-17(23)11-24(31)25(32)29-14-20-13-22(30-33-20)16-7-9-28-10-8-16/h1-12,20H,13-15H2,(H,29,32). The molecule has 1 amide bonds. The van der Waals surface area contributed by atoms with Crippen LogP contribution < -0.4 is 5.32 Å². The predicted molar refractivity (Wildman–Crippen MR) is 130 cm³/mol. The van der Waals surface area contributed by atoms with Crippen molar-refractivity contribution in [2.75, 3.05) is 6.54 Å². The molecule has 1 unspecified atom stereocenters. The van der Waals surface area contributed by atoms with Crippen LogP contribution in [0.3, 0.4) is 0 Å². The van der Waals surface area contributed by atoms with E-state index in [2.05, 4.69) is 15.5 Å². The Morgan fingerprint density at radius 1 is 1.09 bits per heavy atom. The first-order valence-electron chi connectivity index (χ1n) is 10.5. The van der Waals surface area contributed by atoms with E-state index in [4.69, 9.17) is 28.0 Å². The van der Waals surface area contributed by atoms with Gasteiger partial charge in [-0.05, 0) is 42.0 Å². The first-order chi connectivity index (χ1) is 16.1. The van der Waals surface area contributed by atoms with Crippen LogP contribution in [0.15, 0.2) is 78.2 Å². The second-order valence-electron chi connectivity index (χ2n) is 7.83. The fraction of sp³-hybridized carbons (Fsp3) is 0.160. The van der Waals surface area contributed by atoms with Crippen LogP contribution in [0.5, 0.6) is 0 Å². The number of hydrogen-bond donors (Lipinski definition) is 1. The smallest absolute Gasteiger partial charge is 0.268 e. The van der Waals surface area contributed by atoms with E-state index in [0.717, 1.165) is 27.7 Å². The minimum atomic E-state index is -0.222. The van der Waals surface area contributed by atoms with Gasteiger partial charge in [0.25, 0.3) is 5.91 Å². The van der Waals surface area contributed by atoms with Crippen molar-refractivity contribution >= 4 is 45.7 Å². The molecular formula is C25H20Cl2N4O2. The first-order valence-corrected chi connectivity index (χ1v) is 11.3. The molecule has 33 heavy (non-hydrogen) atoms. The third-order valence-corrected chi connectivity index (χ3v) is 6.21. The molecule has 0 spiro atoms. The van der Waals surface area contributed by atoms with E-state index in [0.29, 0.717) is 35.2 Å². The molecule has 1 aliphatic rings. The third-order valence-electron chi connectivity index (χ3n) is 5.62. The second-order valence-corrected chi connectivity index (χ2v) is 8.67. The van der Waals surface area contributed by atoms with Gasteiger partial charge in [0, 0.05) is 51.9 Å². The number of benzene rings is 2. The largest absolute Gasteiger partial charge is 0.390 e. The summed E-state index contributed by atoms with van der Waals surface area (Å²) >= 11 is 12.5. The van der Waals surface area contributed by atoms with E-state index in [9.17, 15) is 4.79 Å². The maximum atomic E-state index is 13.2. The molecule has 166 valence electrons. The fourth-order valence-electron chi connectivity index (χ4n) is 3.94. The normalized spacial score (nSPS) is 15.3. The molecule has 0 saturated carbocycles. The van der Waals surface area contributed by atoms with Gasteiger partial charge in [-0.1, -0.05) is 52.6 Å². The van der Waals surface area contributed by atoms with Gasteiger partial charge in [-0.15, -0.1) is 0 Å². The Hall–Kier alpha value is -3.35. The first kappa shape index (κ1) is 21.5. The molecule has 0 bridgehead atoms. The Morgan fingerprint density at radius 3 is 2.73 bits per heavy atom. The Balaban J connectivity index is 1.33. The van der Waals surface area contributed by atoms with Crippen molar-refractivity contribution in [2.24, 2.45) is 5.16 Å². The van der Waals surface area contributed by atoms with Crippen LogP contribution in [-0.2, 0) is 11.4 Å². The summed E-state index contributed by atoms with van der Waals surface area (Å²) in [5.74, 6) is -0.183. The van der Waals surface area contributed by atoms with Crippen LogP contribution in [0.1, 0.15) is 28.0 Å². The molecule has 2 aromatic carbocycles. The van der Waals surface area contributed by atoms with Crippen LogP contribution in [0, 0.1) is 0 Å². The molecule has 1 atom stereocenters. The zero-order chi connectivity index (χ0) is 22.8. The van der Waals surface area contributed by atoms with Gasteiger partial charge in [-0.3, -0.25) is 9.78 Å². The van der Waals surface area contributed by atoms with E-state index in [1.807, 2.05) is 53.1 Å². The van der Waals surface area contributed by atoms with E-state index in [-0.39, 0.29) is 12.0 Å². The van der Waals surface area contributed by atoms with E-state index in [1.165, 1.54) is 0 Å². The molecule has 6 nitrogen and oxygen atoms in total.